The maximum atomic E-state index is 14.3. The number of halogens is 2. The molecule has 1 amide bonds. The molecule has 0 unspecified atom stereocenters. The minimum atomic E-state index is -4.14. The Bertz CT molecular complexity index is 1790. The van der Waals surface area contributed by atoms with Crippen molar-refractivity contribution in [3.05, 3.63) is 83.9 Å². The zero-order valence-corrected chi connectivity index (χ0v) is 29.5. The van der Waals surface area contributed by atoms with Crippen LogP contribution in [0.1, 0.15) is 50.4 Å². The van der Waals surface area contributed by atoms with Gasteiger partial charge >= 0.3 is 0 Å². The Morgan fingerprint density at radius 3 is 2.18 bits per heavy atom. The molecule has 0 saturated heterocycles. The number of aliphatic hydroxyl groups is 1. The van der Waals surface area contributed by atoms with Crippen LogP contribution in [0.2, 0.25) is 0 Å². The van der Waals surface area contributed by atoms with Crippen LogP contribution in [0.4, 0.5) is 14.5 Å². The minimum absolute atomic E-state index is 0.0379. The zero-order chi connectivity index (χ0) is 35.9. The summed E-state index contributed by atoms with van der Waals surface area (Å²) in [7, 11) is -6.73. The lowest BCUT2D eigenvalue weighted by Gasteiger charge is -2.35. The molecule has 0 aromatic heterocycles. The first-order chi connectivity index (χ1) is 23.1. The molecule has 0 saturated carbocycles. The van der Waals surface area contributed by atoms with Gasteiger partial charge in [0.05, 0.1) is 40.2 Å². The van der Waals surface area contributed by atoms with E-state index in [0.717, 1.165) is 40.7 Å². The highest BCUT2D eigenvalue weighted by molar-refractivity contribution is 7.92. The number of nitrogens with one attached hydrogen (secondary N) is 1. The number of aliphatic hydroxyl groups excluding tert-OH is 1. The summed E-state index contributed by atoms with van der Waals surface area (Å²) in [6, 6.07) is 12.5. The fraction of sp³-hybridized carbons (Fsp3) is 0.441. The molecular weight excluding hydrogens is 681 g/mol. The smallest absolute Gasteiger partial charge is 0.261 e. The first-order valence-corrected chi connectivity index (χ1v) is 18.9. The average Bonchev–Trinajstić information content (AvgIpc) is 3.06. The predicted octanol–water partition coefficient (Wildman–Crippen LogP) is 4.88. The van der Waals surface area contributed by atoms with Gasteiger partial charge in [-0.1, -0.05) is 6.92 Å². The Labute approximate surface area is 286 Å². The maximum absolute atomic E-state index is 14.3. The Morgan fingerprint density at radius 2 is 1.57 bits per heavy atom. The number of sulfonamides is 2. The second kappa shape index (κ2) is 16.4. The molecule has 1 heterocycles. The first-order valence-electron chi connectivity index (χ1n) is 16.0. The normalized spacial score (nSPS) is 20.6. The molecule has 0 spiro atoms. The number of hydrogen-bond donors (Lipinski definition) is 2. The molecule has 1 aliphatic rings. The Balaban J connectivity index is 1.67. The lowest BCUT2D eigenvalue weighted by atomic mass is 10.0. The van der Waals surface area contributed by atoms with Gasteiger partial charge in [0.15, 0.2) is 0 Å². The van der Waals surface area contributed by atoms with E-state index in [4.69, 9.17) is 9.47 Å². The molecule has 3 aromatic rings. The molecule has 11 nitrogen and oxygen atoms in total. The van der Waals surface area contributed by atoms with Crippen molar-refractivity contribution in [1.29, 1.82) is 0 Å². The van der Waals surface area contributed by atoms with Crippen molar-refractivity contribution < 1.29 is 45.0 Å². The Morgan fingerprint density at radius 1 is 0.959 bits per heavy atom. The molecule has 1 aliphatic heterocycles. The Hall–Kier alpha value is -3.63. The van der Waals surface area contributed by atoms with Crippen LogP contribution in [0.3, 0.4) is 0 Å². The van der Waals surface area contributed by atoms with Gasteiger partial charge in [-0.05, 0) is 99.8 Å². The van der Waals surface area contributed by atoms with E-state index >= 15 is 0 Å². The van der Waals surface area contributed by atoms with Crippen LogP contribution in [0.15, 0.2) is 76.5 Å². The number of likely N-dealkylation sites (N-methyl/N-ethyl adjacent to an activating group) is 1. The van der Waals surface area contributed by atoms with Gasteiger partial charge in [-0.25, -0.2) is 25.6 Å². The number of benzene rings is 3. The van der Waals surface area contributed by atoms with Crippen molar-refractivity contribution in [2.45, 2.75) is 68.1 Å². The molecule has 49 heavy (non-hydrogen) atoms. The van der Waals surface area contributed by atoms with Crippen LogP contribution >= 0.6 is 0 Å². The van der Waals surface area contributed by atoms with Crippen molar-refractivity contribution in [2.24, 2.45) is 5.92 Å². The molecule has 268 valence electrons. The van der Waals surface area contributed by atoms with Gasteiger partial charge in [0.25, 0.3) is 15.9 Å². The molecule has 15 heteroatoms. The van der Waals surface area contributed by atoms with E-state index in [-0.39, 0.29) is 46.0 Å². The third-order valence-electron chi connectivity index (χ3n) is 8.39. The SMILES string of the molecule is C[C@@H]1CCCCO[C@@H](CN(C)S(=O)(=O)c2ccc(F)cc2)[C@H](C)CN([C@@H](C)CO)C(=O)c2cc(NS(=O)(=O)c3ccc(F)cc3)ccc2O1. The van der Waals surface area contributed by atoms with E-state index in [1.165, 1.54) is 42.3 Å². The molecule has 4 rings (SSSR count). The highest BCUT2D eigenvalue weighted by Crippen LogP contribution is 2.30. The maximum Gasteiger partial charge on any atom is 0.261 e. The largest absolute Gasteiger partial charge is 0.490 e. The number of fused-ring (bicyclic) bond motifs is 1. The Kier molecular flexibility index (Phi) is 12.8. The fourth-order valence-corrected chi connectivity index (χ4v) is 7.65. The number of anilines is 1. The van der Waals surface area contributed by atoms with E-state index in [1.807, 2.05) is 13.8 Å². The summed E-state index contributed by atoms with van der Waals surface area (Å²) in [6.45, 7) is 5.21. The molecule has 0 fully saturated rings. The van der Waals surface area contributed by atoms with Crippen molar-refractivity contribution >= 4 is 31.6 Å². The topological polar surface area (TPSA) is 143 Å². The lowest BCUT2D eigenvalue weighted by Crippen LogP contribution is -2.48. The molecule has 0 bridgehead atoms. The van der Waals surface area contributed by atoms with Gasteiger partial charge in [-0.2, -0.15) is 4.31 Å². The highest BCUT2D eigenvalue weighted by Gasteiger charge is 2.32. The van der Waals surface area contributed by atoms with Crippen molar-refractivity contribution in [3.8, 4) is 5.75 Å². The molecule has 0 radical (unpaired) electrons. The summed E-state index contributed by atoms with van der Waals surface area (Å²) in [5.74, 6) is -1.94. The van der Waals surface area contributed by atoms with E-state index < -0.39 is 62.3 Å². The van der Waals surface area contributed by atoms with E-state index in [9.17, 15) is 35.5 Å². The third kappa shape index (κ3) is 9.75. The highest BCUT2D eigenvalue weighted by atomic mass is 32.2. The number of carbonyl (C=O) groups excluding carboxylic acids is 1. The summed E-state index contributed by atoms with van der Waals surface area (Å²) in [6.07, 6.45) is 0.954. The molecular formula is C34H43F2N3O8S2. The van der Waals surface area contributed by atoms with Gasteiger partial charge in [0, 0.05) is 38.3 Å². The number of rotatable bonds is 9. The number of carbonyl (C=O) groups is 1. The van der Waals surface area contributed by atoms with Gasteiger partial charge in [-0.3, -0.25) is 9.52 Å². The summed E-state index contributed by atoms with van der Waals surface area (Å²) < 4.78 is 95.8. The van der Waals surface area contributed by atoms with Crippen molar-refractivity contribution in [1.82, 2.24) is 9.21 Å². The monoisotopic (exact) mass is 723 g/mol. The summed E-state index contributed by atoms with van der Waals surface area (Å²) in [5, 5.41) is 10.2. The van der Waals surface area contributed by atoms with Crippen LogP contribution in [-0.4, -0.2) is 88.7 Å². The zero-order valence-electron chi connectivity index (χ0n) is 27.9. The van der Waals surface area contributed by atoms with E-state index in [2.05, 4.69) is 4.72 Å². The number of nitrogens with zero attached hydrogens (tertiary/aromatic N) is 2. The standard InChI is InChI=1S/C34H43F2N3O8S2/c1-23-20-39(24(2)22-40)34(41)31-19-28(37-48(42,43)29-13-8-26(35)9-14-29)12-17-32(31)47-25(3)7-5-6-18-46-33(23)21-38(4)49(44,45)30-15-10-27(36)11-16-30/h8-17,19,23-25,33,37,40H,5-7,18,20-22H2,1-4H3/t23-,24+,25-,33+/m1/s1. The third-order valence-corrected chi connectivity index (χ3v) is 11.6. The van der Waals surface area contributed by atoms with Gasteiger partial charge < -0.3 is 19.5 Å². The van der Waals surface area contributed by atoms with Crippen LogP contribution < -0.4 is 9.46 Å². The van der Waals surface area contributed by atoms with E-state index in [0.29, 0.717) is 25.9 Å². The quantitative estimate of drug-likeness (QED) is 0.318. The van der Waals surface area contributed by atoms with Crippen molar-refractivity contribution in [3.63, 3.8) is 0 Å². The van der Waals surface area contributed by atoms with Gasteiger partial charge in [-0.15, -0.1) is 0 Å². The lowest BCUT2D eigenvalue weighted by molar-refractivity contribution is -0.00834. The van der Waals surface area contributed by atoms with Crippen LogP contribution in [-0.2, 0) is 24.8 Å². The molecule has 4 atom stereocenters. The van der Waals surface area contributed by atoms with Crippen LogP contribution in [0, 0.1) is 17.6 Å². The van der Waals surface area contributed by atoms with E-state index in [1.54, 1.807) is 6.92 Å². The van der Waals surface area contributed by atoms with Crippen LogP contribution in [0.25, 0.3) is 0 Å². The fourth-order valence-electron chi connectivity index (χ4n) is 5.41. The summed E-state index contributed by atoms with van der Waals surface area (Å²) >= 11 is 0. The second-order valence-corrected chi connectivity index (χ2v) is 16.0. The van der Waals surface area contributed by atoms with Gasteiger partial charge in [0.1, 0.15) is 17.4 Å². The summed E-state index contributed by atoms with van der Waals surface area (Å²) in [4.78, 5) is 15.5. The number of amides is 1. The van der Waals surface area contributed by atoms with Crippen molar-refractivity contribution in [2.75, 3.05) is 38.1 Å². The second-order valence-electron chi connectivity index (χ2n) is 12.3. The number of ether oxygens (including phenoxy) is 2. The summed E-state index contributed by atoms with van der Waals surface area (Å²) in [5.41, 5.74) is 0.108. The average molecular weight is 724 g/mol. The predicted molar refractivity (Wildman–Crippen MR) is 180 cm³/mol. The minimum Gasteiger partial charge on any atom is -0.490 e. The van der Waals surface area contributed by atoms with Gasteiger partial charge in [0.2, 0.25) is 10.0 Å². The molecule has 3 aromatic carbocycles. The first kappa shape index (κ1) is 38.2. The number of hydrogen-bond acceptors (Lipinski definition) is 8. The molecule has 2 N–H and O–H groups in total. The molecule has 0 aliphatic carbocycles. The van der Waals surface area contributed by atoms with Crippen LogP contribution in [0.5, 0.6) is 5.75 Å².